The van der Waals surface area contributed by atoms with Crippen LogP contribution in [-0.2, 0) is 4.79 Å². The largest absolute Gasteiger partial charge is 0.322 e. The third-order valence-electron chi connectivity index (χ3n) is 2.37. The summed E-state index contributed by atoms with van der Waals surface area (Å²) in [4.78, 5) is 11.7. The van der Waals surface area contributed by atoms with Gasteiger partial charge in [-0.15, -0.1) is 0 Å². The van der Waals surface area contributed by atoms with Crippen molar-refractivity contribution in [3.05, 3.63) is 12.4 Å². The molecule has 0 spiro atoms. The third-order valence-corrected chi connectivity index (χ3v) is 3.01. The highest BCUT2D eigenvalue weighted by Gasteiger charge is 2.13. The number of rotatable bonds is 6. The Kier molecular flexibility index (Phi) is 5.50. The number of nitrogens with one attached hydrogen (secondary N) is 1. The molecule has 1 amide bonds. The Morgan fingerprint density at radius 3 is 2.88 bits per heavy atom. The van der Waals surface area contributed by atoms with Crippen molar-refractivity contribution in [1.29, 1.82) is 0 Å². The van der Waals surface area contributed by atoms with Crippen molar-refractivity contribution in [3.63, 3.8) is 0 Å². The van der Waals surface area contributed by atoms with Crippen LogP contribution in [-0.4, -0.2) is 33.7 Å². The number of carbonyl (C=O) groups is 1. The Balaban J connectivity index is 2.49. The van der Waals surface area contributed by atoms with Crippen LogP contribution in [0.4, 0.5) is 5.69 Å². The normalized spacial score (nSPS) is 12.8. The molecule has 6 heteroatoms. The van der Waals surface area contributed by atoms with Crippen LogP contribution in [0.15, 0.2) is 12.4 Å². The first kappa shape index (κ1) is 14.1. The first-order valence-corrected chi connectivity index (χ1v) is 7.03. The van der Waals surface area contributed by atoms with Crippen molar-refractivity contribution < 1.29 is 4.79 Å². The lowest BCUT2D eigenvalue weighted by Crippen LogP contribution is -2.35. The predicted molar refractivity (Wildman–Crippen MR) is 72.2 cm³/mol. The fourth-order valence-corrected chi connectivity index (χ4v) is 1.79. The first-order chi connectivity index (χ1) is 8.04. The SMILES string of the molecule is CSCC[C@H](N)C(=O)Nc1cnn(C(C)C)c1. The van der Waals surface area contributed by atoms with E-state index in [1.54, 1.807) is 22.6 Å². The van der Waals surface area contributed by atoms with Crippen molar-refractivity contribution >= 4 is 23.4 Å². The molecule has 5 nitrogen and oxygen atoms in total. The minimum absolute atomic E-state index is 0.151. The second kappa shape index (κ2) is 6.66. The monoisotopic (exact) mass is 256 g/mol. The minimum atomic E-state index is -0.454. The maximum Gasteiger partial charge on any atom is 0.241 e. The van der Waals surface area contributed by atoms with Crippen molar-refractivity contribution in [1.82, 2.24) is 9.78 Å². The summed E-state index contributed by atoms with van der Waals surface area (Å²) in [5.74, 6) is 0.738. The van der Waals surface area contributed by atoms with E-state index in [2.05, 4.69) is 10.4 Å². The number of aromatic nitrogens is 2. The van der Waals surface area contributed by atoms with Gasteiger partial charge in [-0.1, -0.05) is 0 Å². The van der Waals surface area contributed by atoms with Gasteiger partial charge >= 0.3 is 0 Å². The van der Waals surface area contributed by atoms with Gasteiger partial charge in [0.15, 0.2) is 0 Å². The number of hydrogen-bond donors (Lipinski definition) is 2. The molecular weight excluding hydrogens is 236 g/mol. The first-order valence-electron chi connectivity index (χ1n) is 5.64. The van der Waals surface area contributed by atoms with E-state index in [1.165, 1.54) is 0 Å². The fourth-order valence-electron chi connectivity index (χ4n) is 1.30. The molecule has 0 unspecified atom stereocenters. The maximum absolute atomic E-state index is 11.7. The highest BCUT2D eigenvalue weighted by Crippen LogP contribution is 2.10. The second-order valence-corrected chi connectivity index (χ2v) is 5.17. The van der Waals surface area contributed by atoms with Gasteiger partial charge in [0, 0.05) is 12.2 Å². The summed E-state index contributed by atoms with van der Waals surface area (Å²) in [6.07, 6.45) is 6.13. The van der Waals surface area contributed by atoms with E-state index >= 15 is 0 Å². The number of nitrogens with two attached hydrogens (primary N) is 1. The van der Waals surface area contributed by atoms with Crippen LogP contribution in [0.2, 0.25) is 0 Å². The summed E-state index contributed by atoms with van der Waals surface area (Å²) in [5.41, 5.74) is 6.46. The molecule has 1 aromatic heterocycles. The molecule has 0 saturated carbocycles. The van der Waals surface area contributed by atoms with E-state index in [-0.39, 0.29) is 11.9 Å². The molecule has 0 aliphatic rings. The van der Waals surface area contributed by atoms with Gasteiger partial charge in [-0.05, 0) is 32.3 Å². The topological polar surface area (TPSA) is 72.9 Å². The molecule has 0 aliphatic heterocycles. The smallest absolute Gasteiger partial charge is 0.241 e. The Labute approximate surface area is 106 Å². The van der Waals surface area contributed by atoms with Crippen LogP contribution in [0, 0.1) is 0 Å². The van der Waals surface area contributed by atoms with Crippen LogP contribution in [0.5, 0.6) is 0 Å². The van der Waals surface area contributed by atoms with Gasteiger partial charge < -0.3 is 11.1 Å². The van der Waals surface area contributed by atoms with Gasteiger partial charge in [0.2, 0.25) is 5.91 Å². The number of amides is 1. The van der Waals surface area contributed by atoms with Crippen molar-refractivity contribution in [3.8, 4) is 0 Å². The quantitative estimate of drug-likeness (QED) is 0.808. The summed E-state index contributed by atoms with van der Waals surface area (Å²) in [5, 5.41) is 6.92. The summed E-state index contributed by atoms with van der Waals surface area (Å²) in [6, 6.07) is -0.171. The van der Waals surface area contributed by atoms with Crippen LogP contribution >= 0.6 is 11.8 Å². The van der Waals surface area contributed by atoms with Gasteiger partial charge in [0.05, 0.1) is 17.9 Å². The molecule has 1 heterocycles. The zero-order valence-electron chi connectivity index (χ0n) is 10.5. The molecule has 0 saturated heterocycles. The average molecular weight is 256 g/mol. The molecule has 0 bridgehead atoms. The second-order valence-electron chi connectivity index (χ2n) is 4.18. The van der Waals surface area contributed by atoms with E-state index < -0.39 is 6.04 Å². The third kappa shape index (κ3) is 4.40. The summed E-state index contributed by atoms with van der Waals surface area (Å²) in [6.45, 7) is 4.06. The van der Waals surface area contributed by atoms with Gasteiger partial charge in [-0.25, -0.2) is 0 Å². The zero-order chi connectivity index (χ0) is 12.8. The molecule has 1 atom stereocenters. The van der Waals surface area contributed by atoms with E-state index in [4.69, 9.17) is 5.73 Å². The van der Waals surface area contributed by atoms with Crippen LogP contribution in [0.1, 0.15) is 26.3 Å². The van der Waals surface area contributed by atoms with Crippen LogP contribution in [0.3, 0.4) is 0 Å². The Hall–Kier alpha value is -1.01. The molecule has 0 aliphatic carbocycles. The predicted octanol–water partition coefficient (Wildman–Crippen LogP) is 1.48. The fraction of sp³-hybridized carbons (Fsp3) is 0.636. The van der Waals surface area contributed by atoms with Crippen LogP contribution in [0.25, 0.3) is 0 Å². The Morgan fingerprint density at radius 1 is 1.65 bits per heavy atom. The van der Waals surface area contributed by atoms with Gasteiger partial charge in [0.25, 0.3) is 0 Å². The molecular formula is C11H20N4OS. The molecule has 0 fully saturated rings. The molecule has 3 N–H and O–H groups in total. The molecule has 1 aromatic rings. The van der Waals surface area contributed by atoms with Crippen molar-refractivity contribution in [2.45, 2.75) is 32.4 Å². The van der Waals surface area contributed by atoms with E-state index in [0.29, 0.717) is 12.1 Å². The number of anilines is 1. The summed E-state index contributed by atoms with van der Waals surface area (Å²) < 4.78 is 1.79. The van der Waals surface area contributed by atoms with Gasteiger partial charge in [-0.2, -0.15) is 16.9 Å². The van der Waals surface area contributed by atoms with E-state index in [1.807, 2.05) is 26.3 Å². The van der Waals surface area contributed by atoms with E-state index in [9.17, 15) is 4.79 Å². The number of carbonyl (C=O) groups excluding carboxylic acids is 1. The molecule has 0 aromatic carbocycles. The molecule has 96 valence electrons. The Bertz CT molecular complexity index is 364. The lowest BCUT2D eigenvalue weighted by Gasteiger charge is -2.10. The van der Waals surface area contributed by atoms with Gasteiger partial charge in [0.1, 0.15) is 0 Å². The minimum Gasteiger partial charge on any atom is -0.322 e. The Morgan fingerprint density at radius 2 is 2.35 bits per heavy atom. The summed E-state index contributed by atoms with van der Waals surface area (Å²) >= 11 is 1.69. The van der Waals surface area contributed by atoms with Crippen molar-refractivity contribution in [2.24, 2.45) is 5.73 Å². The standard InChI is InChI=1S/C11H20N4OS/c1-8(2)15-7-9(6-13-15)14-11(16)10(12)4-5-17-3/h6-8,10H,4-5,12H2,1-3H3,(H,14,16)/t10-/m0/s1. The number of thioether (sulfide) groups is 1. The number of nitrogens with zero attached hydrogens (tertiary/aromatic N) is 2. The maximum atomic E-state index is 11.7. The lowest BCUT2D eigenvalue weighted by molar-refractivity contribution is -0.117. The highest BCUT2D eigenvalue weighted by molar-refractivity contribution is 7.98. The lowest BCUT2D eigenvalue weighted by atomic mass is 10.2. The average Bonchev–Trinajstić information content (AvgIpc) is 2.74. The van der Waals surface area contributed by atoms with Crippen LogP contribution < -0.4 is 11.1 Å². The van der Waals surface area contributed by atoms with E-state index in [0.717, 1.165) is 5.75 Å². The molecule has 0 radical (unpaired) electrons. The molecule has 17 heavy (non-hydrogen) atoms. The highest BCUT2D eigenvalue weighted by atomic mass is 32.2. The van der Waals surface area contributed by atoms with Crippen molar-refractivity contribution in [2.75, 3.05) is 17.3 Å². The zero-order valence-corrected chi connectivity index (χ0v) is 11.3. The number of hydrogen-bond acceptors (Lipinski definition) is 4. The summed E-state index contributed by atoms with van der Waals surface area (Å²) in [7, 11) is 0. The van der Waals surface area contributed by atoms with Gasteiger partial charge in [-0.3, -0.25) is 9.48 Å². The molecule has 1 rings (SSSR count).